The molecule has 3 atom stereocenters. The minimum absolute atomic E-state index is 0.00815. The highest BCUT2D eigenvalue weighted by atomic mass is 16.4. The van der Waals surface area contributed by atoms with Crippen LogP contribution in [0.15, 0.2) is 65.2 Å². The second-order valence-electron chi connectivity index (χ2n) is 8.02. The minimum Gasteiger partial charge on any atom is -0.481 e. The largest absolute Gasteiger partial charge is 0.481 e. The summed E-state index contributed by atoms with van der Waals surface area (Å²) in [5.74, 6) is 1.40. The molecule has 4 heteroatoms. The number of carboxylic acid groups (broad SMARTS) is 1. The summed E-state index contributed by atoms with van der Waals surface area (Å²) in [6, 6.07) is 18.2. The summed E-state index contributed by atoms with van der Waals surface area (Å²) in [4.78, 5) is 16.6. The van der Waals surface area contributed by atoms with Crippen molar-refractivity contribution in [3.05, 3.63) is 77.8 Å². The van der Waals surface area contributed by atoms with E-state index in [4.69, 9.17) is 4.42 Å². The third-order valence-electron chi connectivity index (χ3n) is 6.48. The van der Waals surface area contributed by atoms with Crippen molar-refractivity contribution in [2.75, 3.05) is 0 Å². The van der Waals surface area contributed by atoms with E-state index in [0.717, 1.165) is 41.2 Å². The molecule has 2 aliphatic carbocycles. The maximum Gasteiger partial charge on any atom is 0.310 e. The predicted molar refractivity (Wildman–Crippen MR) is 106 cm³/mol. The highest BCUT2D eigenvalue weighted by Crippen LogP contribution is 2.72. The van der Waals surface area contributed by atoms with Crippen LogP contribution in [0.5, 0.6) is 0 Å². The Morgan fingerprint density at radius 1 is 1.07 bits per heavy atom. The van der Waals surface area contributed by atoms with Gasteiger partial charge in [0.2, 0.25) is 0 Å². The first-order valence-electron chi connectivity index (χ1n) is 9.99. The molecule has 0 saturated heterocycles. The lowest BCUT2D eigenvalue weighted by atomic mass is 9.94. The molecule has 2 aromatic carbocycles. The van der Waals surface area contributed by atoms with Gasteiger partial charge in [0.15, 0.2) is 11.7 Å². The van der Waals surface area contributed by atoms with Crippen molar-refractivity contribution in [1.82, 2.24) is 4.98 Å². The fraction of sp³-hybridized carbons (Fsp3) is 0.333. The smallest absolute Gasteiger partial charge is 0.310 e. The van der Waals surface area contributed by atoms with Crippen LogP contribution in [0.25, 0.3) is 11.3 Å². The van der Waals surface area contributed by atoms with Crippen molar-refractivity contribution in [1.29, 1.82) is 0 Å². The Balaban J connectivity index is 1.46. The number of carboxylic acids is 1. The first-order chi connectivity index (χ1) is 13.6. The number of aliphatic carboxylic acids is 1. The van der Waals surface area contributed by atoms with E-state index >= 15 is 0 Å². The van der Waals surface area contributed by atoms with Gasteiger partial charge in [-0.1, -0.05) is 61.5 Å². The van der Waals surface area contributed by atoms with Gasteiger partial charge in [-0.25, -0.2) is 4.98 Å². The topological polar surface area (TPSA) is 63.3 Å². The van der Waals surface area contributed by atoms with Crippen LogP contribution in [-0.2, 0) is 4.79 Å². The monoisotopic (exact) mass is 373 g/mol. The Hall–Kier alpha value is -2.88. The Bertz CT molecular complexity index is 1000. The summed E-state index contributed by atoms with van der Waals surface area (Å²) in [5.41, 5.74) is 2.43. The third-order valence-corrected chi connectivity index (χ3v) is 6.48. The number of aromatic nitrogens is 1. The fourth-order valence-electron chi connectivity index (χ4n) is 4.73. The molecule has 3 aromatic rings. The normalized spacial score (nSPS) is 26.2. The maximum absolute atomic E-state index is 12.2. The summed E-state index contributed by atoms with van der Waals surface area (Å²) in [6.07, 6.45) is 4.73. The summed E-state index contributed by atoms with van der Waals surface area (Å²) in [5, 5.41) is 10.0. The van der Waals surface area contributed by atoms with Gasteiger partial charge in [0.05, 0.1) is 11.6 Å². The molecule has 2 aliphatic rings. The van der Waals surface area contributed by atoms with Crippen LogP contribution in [0, 0.1) is 5.41 Å². The van der Waals surface area contributed by atoms with Gasteiger partial charge in [-0.05, 0) is 30.4 Å². The number of carbonyl (C=O) groups is 1. The van der Waals surface area contributed by atoms with Gasteiger partial charge in [-0.2, -0.15) is 0 Å². The van der Waals surface area contributed by atoms with Crippen LogP contribution >= 0.6 is 0 Å². The second-order valence-corrected chi connectivity index (χ2v) is 8.02. The highest BCUT2D eigenvalue weighted by Gasteiger charge is 2.69. The number of hydrogen-bond donors (Lipinski definition) is 1. The molecule has 0 bridgehead atoms. The van der Waals surface area contributed by atoms with E-state index in [1.54, 1.807) is 6.20 Å². The zero-order valence-electron chi connectivity index (χ0n) is 15.8. The highest BCUT2D eigenvalue weighted by molar-refractivity contribution is 5.84. The summed E-state index contributed by atoms with van der Waals surface area (Å²) < 4.78 is 5.90. The lowest BCUT2D eigenvalue weighted by Gasteiger charge is -2.10. The van der Waals surface area contributed by atoms with Crippen molar-refractivity contribution >= 4 is 5.97 Å². The van der Waals surface area contributed by atoms with Crippen molar-refractivity contribution in [2.24, 2.45) is 5.41 Å². The van der Waals surface area contributed by atoms with Crippen molar-refractivity contribution in [2.45, 2.75) is 43.9 Å². The molecule has 142 valence electrons. The average molecular weight is 373 g/mol. The van der Waals surface area contributed by atoms with Gasteiger partial charge in [-0.3, -0.25) is 4.79 Å². The molecule has 0 unspecified atom stereocenters. The quantitative estimate of drug-likeness (QED) is 0.612. The maximum atomic E-state index is 12.2. The molecule has 1 heterocycles. The van der Waals surface area contributed by atoms with Gasteiger partial charge in [-0.15, -0.1) is 0 Å². The number of oxazole rings is 1. The molecule has 0 spiro atoms. The molecule has 2 fully saturated rings. The molecule has 5 rings (SSSR count). The Kier molecular flexibility index (Phi) is 3.90. The fourth-order valence-corrected chi connectivity index (χ4v) is 4.73. The van der Waals surface area contributed by atoms with E-state index in [1.165, 1.54) is 0 Å². The number of hydrogen-bond acceptors (Lipinski definition) is 3. The van der Waals surface area contributed by atoms with Gasteiger partial charge in [0, 0.05) is 23.3 Å². The van der Waals surface area contributed by atoms with Crippen LogP contribution < -0.4 is 0 Å². The minimum atomic E-state index is -0.728. The van der Waals surface area contributed by atoms with Gasteiger partial charge >= 0.3 is 5.97 Å². The summed E-state index contributed by atoms with van der Waals surface area (Å²) in [7, 11) is 0. The van der Waals surface area contributed by atoms with E-state index in [-0.39, 0.29) is 11.8 Å². The van der Waals surface area contributed by atoms with Crippen LogP contribution in [0.1, 0.15) is 61.0 Å². The molecule has 1 aromatic heterocycles. The SMILES string of the molecule is CC[C@@]1(C(=O)O)[C@@H](c2ccccc2)[C@@H]1c1ccc(-c2cnc(C3CC3)o2)cc1. The molecular weight excluding hydrogens is 350 g/mol. The molecule has 0 aliphatic heterocycles. The van der Waals surface area contributed by atoms with Crippen LogP contribution in [0.4, 0.5) is 0 Å². The Morgan fingerprint density at radius 3 is 2.29 bits per heavy atom. The molecule has 2 saturated carbocycles. The van der Waals surface area contributed by atoms with Gasteiger partial charge < -0.3 is 9.52 Å². The van der Waals surface area contributed by atoms with Gasteiger partial charge in [0.1, 0.15) is 0 Å². The number of rotatable bonds is 6. The lowest BCUT2D eigenvalue weighted by molar-refractivity contribution is -0.143. The van der Waals surface area contributed by atoms with Crippen LogP contribution in [0.3, 0.4) is 0 Å². The zero-order chi connectivity index (χ0) is 19.3. The Labute approximate surface area is 164 Å². The van der Waals surface area contributed by atoms with E-state index in [1.807, 2.05) is 49.4 Å². The molecule has 1 N–H and O–H groups in total. The van der Waals surface area contributed by atoms with Gasteiger partial charge in [0.25, 0.3) is 0 Å². The van der Waals surface area contributed by atoms with Crippen LogP contribution in [0.2, 0.25) is 0 Å². The Morgan fingerprint density at radius 2 is 1.71 bits per heavy atom. The van der Waals surface area contributed by atoms with E-state index < -0.39 is 11.4 Å². The van der Waals surface area contributed by atoms with Crippen molar-refractivity contribution in [3.8, 4) is 11.3 Å². The molecule has 28 heavy (non-hydrogen) atoms. The second kappa shape index (κ2) is 6.33. The van der Waals surface area contributed by atoms with Crippen LogP contribution in [-0.4, -0.2) is 16.1 Å². The van der Waals surface area contributed by atoms with E-state index in [9.17, 15) is 9.90 Å². The molecular formula is C24H23NO3. The average Bonchev–Trinajstić information content (AvgIpc) is 3.64. The third kappa shape index (κ3) is 2.59. The first kappa shape index (κ1) is 17.2. The number of benzene rings is 2. The summed E-state index contributed by atoms with van der Waals surface area (Å²) in [6.45, 7) is 1.98. The zero-order valence-corrected chi connectivity index (χ0v) is 15.8. The van der Waals surface area contributed by atoms with Crippen molar-refractivity contribution < 1.29 is 14.3 Å². The standard InChI is InChI=1S/C24H23NO3/c1-2-24(23(26)27)20(16-6-4-3-5-7-16)21(24)17-10-8-15(9-11-17)19-14-25-22(28-19)18-12-13-18/h3-11,14,18,20-21H,2,12-13H2,1H3,(H,26,27)/t20-,21-,24+/m0/s1. The number of nitrogens with zero attached hydrogens (tertiary/aromatic N) is 1. The molecule has 4 nitrogen and oxygen atoms in total. The molecule has 0 radical (unpaired) electrons. The van der Waals surface area contributed by atoms with E-state index in [0.29, 0.717) is 12.3 Å². The molecule has 0 amide bonds. The summed E-state index contributed by atoms with van der Waals surface area (Å²) >= 11 is 0. The lowest BCUT2D eigenvalue weighted by Crippen LogP contribution is -2.17. The van der Waals surface area contributed by atoms with Crippen molar-refractivity contribution in [3.63, 3.8) is 0 Å². The van der Waals surface area contributed by atoms with E-state index in [2.05, 4.69) is 17.1 Å². The predicted octanol–water partition coefficient (Wildman–Crippen LogP) is 5.58. The first-order valence-corrected chi connectivity index (χ1v) is 9.99.